The van der Waals surface area contributed by atoms with E-state index in [1.807, 2.05) is 27.8 Å². The number of rotatable bonds is 11. The molecule has 8 nitrogen and oxygen atoms in total. The second-order valence-corrected chi connectivity index (χ2v) is 9.34. The fourth-order valence-electron chi connectivity index (χ4n) is 3.19. The number of nitrogens with one attached hydrogen (secondary N) is 2. The largest absolute Gasteiger partial charge is 0.444 e. The third-order valence-corrected chi connectivity index (χ3v) is 4.98. The van der Waals surface area contributed by atoms with Crippen molar-refractivity contribution in [2.45, 2.75) is 65.5 Å². The van der Waals surface area contributed by atoms with Crippen molar-refractivity contribution in [2.24, 2.45) is 16.8 Å². The quantitative estimate of drug-likeness (QED) is 0.176. The third-order valence-electron chi connectivity index (χ3n) is 4.98. The maximum Gasteiger partial charge on any atom is 0.407 e. The molecule has 0 spiro atoms. The Morgan fingerprint density at radius 3 is 2.58 bits per heavy atom. The van der Waals surface area contributed by atoms with Crippen molar-refractivity contribution in [3.8, 4) is 0 Å². The van der Waals surface area contributed by atoms with Crippen LogP contribution in [0.25, 0.3) is 0 Å². The van der Waals surface area contributed by atoms with Crippen LogP contribution in [0.1, 0.15) is 53.9 Å². The molecule has 1 fully saturated rings. The maximum atomic E-state index is 12.1. The van der Waals surface area contributed by atoms with E-state index in [4.69, 9.17) is 14.2 Å². The van der Waals surface area contributed by atoms with Gasteiger partial charge >= 0.3 is 6.09 Å². The zero-order chi connectivity index (χ0) is 22.6. The standard InChI is InChI=1S/C22H44N4O4.HI/c1-17(2)19(25-21(27)30-22(3,4)5)9-12-26(7)20(23-6)24-11-8-13-28-15-18-10-14-29-16-18;/h17-19H,8-16H2,1-7H3,(H,23,24)(H,25,27);1H. The minimum Gasteiger partial charge on any atom is -0.444 e. The van der Waals surface area contributed by atoms with Crippen molar-refractivity contribution >= 4 is 36.0 Å². The molecule has 0 aromatic heterocycles. The van der Waals surface area contributed by atoms with Gasteiger partial charge in [0.25, 0.3) is 0 Å². The van der Waals surface area contributed by atoms with Crippen molar-refractivity contribution in [1.29, 1.82) is 0 Å². The maximum absolute atomic E-state index is 12.1. The van der Waals surface area contributed by atoms with Gasteiger partial charge in [-0.25, -0.2) is 4.79 Å². The van der Waals surface area contributed by atoms with E-state index in [1.165, 1.54) is 0 Å². The number of carbonyl (C=O) groups is 1. The van der Waals surface area contributed by atoms with Gasteiger partial charge in [-0.15, -0.1) is 24.0 Å². The number of nitrogens with zero attached hydrogens (tertiary/aromatic N) is 2. The molecule has 1 aliphatic heterocycles. The van der Waals surface area contributed by atoms with Crippen LogP contribution < -0.4 is 10.6 Å². The van der Waals surface area contributed by atoms with E-state index >= 15 is 0 Å². The zero-order valence-corrected chi connectivity index (χ0v) is 22.9. The summed E-state index contributed by atoms with van der Waals surface area (Å²) in [6.07, 6.45) is 2.47. The number of hydrogen-bond donors (Lipinski definition) is 2. The van der Waals surface area contributed by atoms with E-state index in [2.05, 4.69) is 34.4 Å². The highest BCUT2D eigenvalue weighted by atomic mass is 127. The Kier molecular flexibility index (Phi) is 15.5. The lowest BCUT2D eigenvalue weighted by atomic mass is 10.0. The summed E-state index contributed by atoms with van der Waals surface area (Å²) in [6.45, 7) is 14.6. The van der Waals surface area contributed by atoms with E-state index in [1.54, 1.807) is 7.05 Å². The number of halogens is 1. The Morgan fingerprint density at radius 1 is 1.32 bits per heavy atom. The molecule has 1 aliphatic rings. The molecule has 0 aromatic carbocycles. The third kappa shape index (κ3) is 14.1. The Bertz CT molecular complexity index is 520. The van der Waals surface area contributed by atoms with Crippen LogP contribution in [-0.2, 0) is 14.2 Å². The Hall–Kier alpha value is -0.810. The SMILES string of the molecule is CN=C(NCCCOCC1CCOC1)N(C)CCC(NC(=O)OC(C)(C)C)C(C)C.I. The van der Waals surface area contributed by atoms with Crippen LogP contribution in [0.15, 0.2) is 4.99 Å². The van der Waals surface area contributed by atoms with Gasteiger partial charge in [-0.3, -0.25) is 4.99 Å². The predicted octanol–water partition coefficient (Wildman–Crippen LogP) is 3.49. The van der Waals surface area contributed by atoms with E-state index in [-0.39, 0.29) is 36.1 Å². The van der Waals surface area contributed by atoms with Crippen molar-refractivity contribution in [3.63, 3.8) is 0 Å². The average molecular weight is 557 g/mol. The van der Waals surface area contributed by atoms with Crippen LogP contribution in [0.4, 0.5) is 4.79 Å². The number of guanidine groups is 1. The molecule has 2 N–H and O–H groups in total. The molecule has 9 heteroatoms. The van der Waals surface area contributed by atoms with Crippen LogP contribution >= 0.6 is 24.0 Å². The molecule has 1 amide bonds. The first-order valence-corrected chi connectivity index (χ1v) is 11.2. The molecule has 2 unspecified atom stereocenters. The second-order valence-electron chi connectivity index (χ2n) is 9.34. The molecule has 0 aliphatic carbocycles. The Balaban J connectivity index is 0.00000900. The minimum absolute atomic E-state index is 0. The van der Waals surface area contributed by atoms with Gasteiger partial charge in [-0.2, -0.15) is 0 Å². The first-order valence-electron chi connectivity index (χ1n) is 11.2. The molecule has 31 heavy (non-hydrogen) atoms. The Labute approximate surface area is 206 Å². The molecular formula is C22H45IN4O4. The zero-order valence-electron chi connectivity index (χ0n) is 20.5. The first kappa shape index (κ1) is 30.2. The lowest BCUT2D eigenvalue weighted by Gasteiger charge is -2.28. The normalized spacial score (nSPS) is 17.8. The van der Waals surface area contributed by atoms with Crippen molar-refractivity contribution in [2.75, 3.05) is 53.6 Å². The van der Waals surface area contributed by atoms with Gasteiger partial charge in [0, 0.05) is 52.4 Å². The van der Waals surface area contributed by atoms with Gasteiger partial charge in [-0.1, -0.05) is 13.8 Å². The second kappa shape index (κ2) is 15.9. The summed E-state index contributed by atoms with van der Waals surface area (Å²) in [5, 5.41) is 6.38. The highest BCUT2D eigenvalue weighted by Crippen LogP contribution is 2.12. The molecule has 1 heterocycles. The fraction of sp³-hybridized carbons (Fsp3) is 0.909. The number of aliphatic imine (C=N–C) groups is 1. The van der Waals surface area contributed by atoms with Gasteiger partial charge in [0.1, 0.15) is 5.60 Å². The molecule has 0 saturated carbocycles. The highest BCUT2D eigenvalue weighted by molar-refractivity contribution is 14.0. The predicted molar refractivity (Wildman–Crippen MR) is 136 cm³/mol. The molecule has 1 saturated heterocycles. The molecule has 1 rings (SSSR count). The lowest BCUT2D eigenvalue weighted by molar-refractivity contribution is 0.0486. The van der Waals surface area contributed by atoms with Gasteiger partial charge < -0.3 is 29.7 Å². The summed E-state index contributed by atoms with van der Waals surface area (Å²) in [6, 6.07) is 0.0355. The molecule has 0 aromatic rings. The lowest BCUT2D eigenvalue weighted by Crippen LogP contribution is -2.45. The minimum atomic E-state index is -0.497. The summed E-state index contributed by atoms with van der Waals surface area (Å²) in [7, 11) is 3.80. The van der Waals surface area contributed by atoms with Crippen LogP contribution in [0, 0.1) is 11.8 Å². The van der Waals surface area contributed by atoms with E-state index < -0.39 is 5.60 Å². The first-order chi connectivity index (χ1) is 14.1. The molecular weight excluding hydrogens is 511 g/mol. The van der Waals surface area contributed by atoms with Crippen molar-refractivity contribution in [3.05, 3.63) is 0 Å². The van der Waals surface area contributed by atoms with E-state index in [0.717, 1.165) is 64.7 Å². The number of amides is 1. The van der Waals surface area contributed by atoms with Crippen LogP contribution in [0.5, 0.6) is 0 Å². The number of hydrogen-bond acceptors (Lipinski definition) is 5. The van der Waals surface area contributed by atoms with Crippen molar-refractivity contribution < 1.29 is 19.0 Å². The summed E-state index contributed by atoms with van der Waals surface area (Å²) >= 11 is 0. The summed E-state index contributed by atoms with van der Waals surface area (Å²) < 4.78 is 16.5. The molecule has 0 radical (unpaired) electrons. The highest BCUT2D eigenvalue weighted by Gasteiger charge is 2.22. The summed E-state index contributed by atoms with van der Waals surface area (Å²) in [4.78, 5) is 18.6. The van der Waals surface area contributed by atoms with Gasteiger partial charge in [0.05, 0.1) is 13.2 Å². The topological polar surface area (TPSA) is 84.4 Å². The van der Waals surface area contributed by atoms with Gasteiger partial charge in [0.2, 0.25) is 0 Å². The van der Waals surface area contributed by atoms with E-state index in [9.17, 15) is 4.79 Å². The van der Waals surface area contributed by atoms with Crippen molar-refractivity contribution in [1.82, 2.24) is 15.5 Å². The molecule has 2 atom stereocenters. The summed E-state index contributed by atoms with van der Waals surface area (Å²) in [5.41, 5.74) is -0.497. The summed E-state index contributed by atoms with van der Waals surface area (Å²) in [5.74, 6) is 1.71. The average Bonchev–Trinajstić information content (AvgIpc) is 3.16. The number of alkyl carbamates (subject to hydrolysis) is 1. The smallest absolute Gasteiger partial charge is 0.407 e. The van der Waals surface area contributed by atoms with E-state index in [0.29, 0.717) is 11.8 Å². The fourth-order valence-corrected chi connectivity index (χ4v) is 3.19. The molecule has 0 bridgehead atoms. The molecule has 184 valence electrons. The van der Waals surface area contributed by atoms with Gasteiger partial charge in [-0.05, 0) is 46.0 Å². The van der Waals surface area contributed by atoms with Crippen LogP contribution in [0.2, 0.25) is 0 Å². The van der Waals surface area contributed by atoms with Gasteiger partial charge in [0.15, 0.2) is 5.96 Å². The Morgan fingerprint density at radius 2 is 2.03 bits per heavy atom. The van der Waals surface area contributed by atoms with Crippen LogP contribution in [0.3, 0.4) is 0 Å². The monoisotopic (exact) mass is 556 g/mol. The number of carbonyl (C=O) groups excluding carboxylic acids is 1. The van der Waals surface area contributed by atoms with Crippen LogP contribution in [-0.4, -0.2) is 82.2 Å². The number of ether oxygens (including phenoxy) is 3.